The molecule has 0 saturated carbocycles. The predicted molar refractivity (Wildman–Crippen MR) is 60.3 cm³/mol. The van der Waals surface area contributed by atoms with Crippen LogP contribution >= 0.6 is 0 Å². The predicted octanol–water partition coefficient (Wildman–Crippen LogP) is 2.73. The molecular formula is C12H19N3. The Kier molecular flexibility index (Phi) is 2.90. The van der Waals surface area contributed by atoms with Crippen LogP contribution in [0.5, 0.6) is 0 Å². The molecule has 1 aromatic rings. The highest BCUT2D eigenvalue weighted by Crippen LogP contribution is 2.22. The summed E-state index contributed by atoms with van der Waals surface area (Å²) >= 11 is 0. The first-order valence-electron chi connectivity index (χ1n) is 5.19. The van der Waals surface area contributed by atoms with Crippen molar-refractivity contribution >= 4 is 0 Å². The minimum atomic E-state index is -0.360. The zero-order valence-electron chi connectivity index (χ0n) is 10.2. The molecule has 1 aromatic heterocycles. The van der Waals surface area contributed by atoms with Gasteiger partial charge >= 0.3 is 0 Å². The van der Waals surface area contributed by atoms with E-state index in [1.165, 1.54) is 5.56 Å². The van der Waals surface area contributed by atoms with E-state index in [2.05, 4.69) is 31.9 Å². The minimum absolute atomic E-state index is 0.120. The summed E-state index contributed by atoms with van der Waals surface area (Å²) in [5.41, 5.74) is 0.965. The van der Waals surface area contributed by atoms with Gasteiger partial charge in [0, 0.05) is 6.20 Å². The highest BCUT2D eigenvalue weighted by atomic mass is 15.3. The molecule has 0 N–H and O–H groups in total. The largest absolute Gasteiger partial charge is 0.271 e. The van der Waals surface area contributed by atoms with E-state index in [4.69, 9.17) is 5.26 Å². The smallest absolute Gasteiger partial charge is 0.0713 e. The second-order valence-corrected chi connectivity index (χ2v) is 5.67. The highest BCUT2D eigenvalue weighted by molar-refractivity contribution is 5.15. The first-order valence-corrected chi connectivity index (χ1v) is 5.19. The molecule has 3 nitrogen and oxygen atoms in total. The van der Waals surface area contributed by atoms with Crippen LogP contribution in [0.1, 0.15) is 40.2 Å². The van der Waals surface area contributed by atoms with Crippen molar-refractivity contribution in [2.24, 2.45) is 5.41 Å². The van der Waals surface area contributed by atoms with Crippen molar-refractivity contribution in [3.8, 4) is 6.07 Å². The minimum Gasteiger partial charge on any atom is -0.271 e. The zero-order chi connectivity index (χ0) is 11.7. The molecule has 0 aliphatic heterocycles. The SMILES string of the molecule is CC(C)(C#N)Cn1cc(C(C)(C)C)cn1. The molecule has 0 atom stereocenters. The Morgan fingerprint density at radius 1 is 1.33 bits per heavy atom. The molecule has 15 heavy (non-hydrogen) atoms. The number of aromatic nitrogens is 2. The Balaban J connectivity index is 2.83. The van der Waals surface area contributed by atoms with Gasteiger partial charge in [-0.3, -0.25) is 4.68 Å². The van der Waals surface area contributed by atoms with Crippen molar-refractivity contribution in [3.63, 3.8) is 0 Å². The molecule has 0 amide bonds. The summed E-state index contributed by atoms with van der Waals surface area (Å²) in [5, 5.41) is 13.2. The Bertz CT molecular complexity index is 374. The van der Waals surface area contributed by atoms with Crippen LogP contribution in [0, 0.1) is 16.7 Å². The van der Waals surface area contributed by atoms with E-state index < -0.39 is 0 Å². The van der Waals surface area contributed by atoms with Crippen LogP contribution in [0.2, 0.25) is 0 Å². The van der Waals surface area contributed by atoms with Gasteiger partial charge in [-0.15, -0.1) is 0 Å². The van der Waals surface area contributed by atoms with Crippen LogP contribution in [0.15, 0.2) is 12.4 Å². The molecular weight excluding hydrogens is 186 g/mol. The van der Waals surface area contributed by atoms with E-state index in [0.29, 0.717) is 6.54 Å². The van der Waals surface area contributed by atoms with E-state index in [0.717, 1.165) is 0 Å². The molecule has 0 bridgehead atoms. The summed E-state index contributed by atoms with van der Waals surface area (Å²) in [6.07, 6.45) is 3.91. The number of hydrogen-bond acceptors (Lipinski definition) is 2. The third kappa shape index (κ3) is 3.09. The van der Waals surface area contributed by atoms with Crippen molar-refractivity contribution in [3.05, 3.63) is 18.0 Å². The lowest BCUT2D eigenvalue weighted by Crippen LogP contribution is -2.18. The van der Waals surface area contributed by atoms with Crippen molar-refractivity contribution in [2.45, 2.75) is 46.6 Å². The molecule has 0 spiro atoms. The Morgan fingerprint density at radius 3 is 2.33 bits per heavy atom. The van der Waals surface area contributed by atoms with Crippen molar-refractivity contribution in [1.29, 1.82) is 5.26 Å². The molecule has 0 fully saturated rings. The van der Waals surface area contributed by atoms with Gasteiger partial charge in [0.25, 0.3) is 0 Å². The van der Waals surface area contributed by atoms with Crippen LogP contribution in [0.3, 0.4) is 0 Å². The number of nitriles is 1. The van der Waals surface area contributed by atoms with Crippen LogP contribution in [0.25, 0.3) is 0 Å². The molecule has 0 aromatic carbocycles. The normalized spacial score (nSPS) is 12.5. The van der Waals surface area contributed by atoms with E-state index in [9.17, 15) is 0 Å². The summed E-state index contributed by atoms with van der Waals surface area (Å²) in [6.45, 7) is 11.0. The van der Waals surface area contributed by atoms with Gasteiger partial charge in [-0.25, -0.2) is 0 Å². The van der Waals surface area contributed by atoms with Crippen molar-refractivity contribution in [2.75, 3.05) is 0 Å². The average molecular weight is 205 g/mol. The number of rotatable bonds is 2. The van der Waals surface area contributed by atoms with E-state index in [1.807, 2.05) is 30.9 Å². The molecule has 1 rings (SSSR count). The third-order valence-corrected chi connectivity index (χ3v) is 2.36. The van der Waals surface area contributed by atoms with Gasteiger partial charge in [-0.05, 0) is 24.8 Å². The summed E-state index contributed by atoms with van der Waals surface area (Å²) in [5.74, 6) is 0. The fourth-order valence-corrected chi connectivity index (χ4v) is 1.28. The molecule has 0 saturated heterocycles. The fraction of sp³-hybridized carbons (Fsp3) is 0.667. The third-order valence-electron chi connectivity index (χ3n) is 2.36. The van der Waals surface area contributed by atoms with Crippen molar-refractivity contribution < 1.29 is 0 Å². The van der Waals surface area contributed by atoms with Gasteiger partial charge in [-0.2, -0.15) is 10.4 Å². The summed E-state index contributed by atoms with van der Waals surface area (Å²) in [7, 11) is 0. The first kappa shape index (κ1) is 11.8. The van der Waals surface area contributed by atoms with Crippen LogP contribution in [-0.4, -0.2) is 9.78 Å². The molecule has 0 radical (unpaired) electrons. The molecule has 0 unspecified atom stereocenters. The van der Waals surface area contributed by atoms with Crippen LogP contribution in [0.4, 0.5) is 0 Å². The number of hydrogen-bond donors (Lipinski definition) is 0. The first-order chi connectivity index (χ1) is 6.74. The Labute approximate surface area is 91.7 Å². The van der Waals surface area contributed by atoms with Gasteiger partial charge in [0.05, 0.1) is 24.2 Å². The molecule has 82 valence electrons. The van der Waals surface area contributed by atoms with Crippen LogP contribution < -0.4 is 0 Å². The molecule has 0 aliphatic carbocycles. The van der Waals surface area contributed by atoms with Gasteiger partial charge in [0.15, 0.2) is 0 Å². The second kappa shape index (κ2) is 3.69. The fourth-order valence-electron chi connectivity index (χ4n) is 1.28. The lowest BCUT2D eigenvalue weighted by Gasteiger charge is -2.16. The maximum atomic E-state index is 8.93. The second-order valence-electron chi connectivity index (χ2n) is 5.67. The summed E-state index contributed by atoms with van der Waals surface area (Å²) in [4.78, 5) is 0. The monoisotopic (exact) mass is 205 g/mol. The molecule has 3 heteroatoms. The zero-order valence-corrected chi connectivity index (χ0v) is 10.2. The van der Waals surface area contributed by atoms with E-state index in [1.54, 1.807) is 0 Å². The summed E-state index contributed by atoms with van der Waals surface area (Å²) in [6, 6.07) is 2.28. The quantitative estimate of drug-likeness (QED) is 0.745. The maximum absolute atomic E-state index is 8.93. The highest BCUT2D eigenvalue weighted by Gasteiger charge is 2.20. The standard InChI is InChI=1S/C12H19N3/c1-11(2,3)10-6-14-15(7-10)9-12(4,5)8-13/h6-7H,9H2,1-5H3. The summed E-state index contributed by atoms with van der Waals surface area (Å²) < 4.78 is 1.85. The van der Waals surface area contributed by atoms with Gasteiger partial charge in [0.1, 0.15) is 0 Å². The van der Waals surface area contributed by atoms with E-state index >= 15 is 0 Å². The van der Waals surface area contributed by atoms with Gasteiger partial charge in [0.2, 0.25) is 0 Å². The average Bonchev–Trinajstić information content (AvgIpc) is 2.51. The lowest BCUT2D eigenvalue weighted by atomic mass is 9.90. The number of nitrogens with zero attached hydrogens (tertiary/aromatic N) is 3. The lowest BCUT2D eigenvalue weighted by molar-refractivity contribution is 0.384. The van der Waals surface area contributed by atoms with Crippen molar-refractivity contribution in [1.82, 2.24) is 9.78 Å². The topological polar surface area (TPSA) is 41.6 Å². The van der Waals surface area contributed by atoms with Gasteiger partial charge in [-0.1, -0.05) is 20.8 Å². The maximum Gasteiger partial charge on any atom is 0.0713 e. The van der Waals surface area contributed by atoms with E-state index in [-0.39, 0.29) is 10.8 Å². The molecule has 1 heterocycles. The molecule has 0 aliphatic rings. The van der Waals surface area contributed by atoms with Crippen LogP contribution in [-0.2, 0) is 12.0 Å². The Morgan fingerprint density at radius 2 is 1.93 bits per heavy atom. The Hall–Kier alpha value is -1.30. The van der Waals surface area contributed by atoms with Gasteiger partial charge < -0.3 is 0 Å².